The molecule has 0 saturated carbocycles. The van der Waals surface area contributed by atoms with Gasteiger partial charge < -0.3 is 5.32 Å². The van der Waals surface area contributed by atoms with Crippen LogP contribution in [0.25, 0.3) is 0 Å². The molecular formula is C10H10ClN3O2. The standard InChI is InChI=1S/C10H10ClN3O2/c1-2-3-4-7-12-10-8(14(15)16)5-6-9(11)13-10/h1,5-6H,3-4,7H2,(H,12,13). The van der Waals surface area contributed by atoms with Crippen molar-refractivity contribution in [2.45, 2.75) is 12.8 Å². The molecule has 1 aromatic rings. The molecule has 1 heterocycles. The fourth-order valence-electron chi connectivity index (χ4n) is 1.10. The van der Waals surface area contributed by atoms with Crippen LogP contribution in [0.1, 0.15) is 12.8 Å². The summed E-state index contributed by atoms with van der Waals surface area (Å²) >= 11 is 5.66. The zero-order valence-electron chi connectivity index (χ0n) is 8.44. The Labute approximate surface area is 98.0 Å². The number of hydrogen-bond acceptors (Lipinski definition) is 4. The summed E-state index contributed by atoms with van der Waals surface area (Å²) in [6.45, 7) is 0.526. The Morgan fingerprint density at radius 3 is 3.00 bits per heavy atom. The van der Waals surface area contributed by atoms with Crippen molar-refractivity contribution in [1.29, 1.82) is 0 Å². The van der Waals surface area contributed by atoms with Crippen LogP contribution in [0.15, 0.2) is 12.1 Å². The van der Waals surface area contributed by atoms with Gasteiger partial charge in [-0.2, -0.15) is 0 Å². The molecule has 0 aliphatic carbocycles. The molecule has 84 valence electrons. The van der Waals surface area contributed by atoms with Gasteiger partial charge in [-0.05, 0) is 12.5 Å². The number of anilines is 1. The molecule has 0 fully saturated rings. The van der Waals surface area contributed by atoms with Crippen LogP contribution in [0.2, 0.25) is 5.15 Å². The largest absolute Gasteiger partial charge is 0.364 e. The second-order valence-corrected chi connectivity index (χ2v) is 3.38. The van der Waals surface area contributed by atoms with Crippen LogP contribution in [0.5, 0.6) is 0 Å². The van der Waals surface area contributed by atoms with Crippen molar-refractivity contribution in [2.75, 3.05) is 11.9 Å². The molecule has 0 spiro atoms. The Morgan fingerprint density at radius 1 is 1.62 bits per heavy atom. The third-order valence-electron chi connectivity index (χ3n) is 1.83. The lowest BCUT2D eigenvalue weighted by molar-refractivity contribution is -0.384. The molecule has 0 bridgehead atoms. The summed E-state index contributed by atoms with van der Waals surface area (Å²) in [7, 11) is 0. The van der Waals surface area contributed by atoms with Crippen molar-refractivity contribution in [1.82, 2.24) is 4.98 Å². The summed E-state index contributed by atoms with van der Waals surface area (Å²) in [5.74, 6) is 2.66. The highest BCUT2D eigenvalue weighted by Gasteiger charge is 2.14. The average Bonchev–Trinajstić information content (AvgIpc) is 2.24. The Bertz CT molecular complexity index is 429. The van der Waals surface area contributed by atoms with Crippen molar-refractivity contribution in [2.24, 2.45) is 0 Å². The number of hydrogen-bond donors (Lipinski definition) is 1. The molecule has 6 heteroatoms. The Balaban J connectivity index is 2.73. The molecule has 0 atom stereocenters. The van der Waals surface area contributed by atoms with Crippen LogP contribution in [0, 0.1) is 22.5 Å². The first-order valence-corrected chi connectivity index (χ1v) is 5.01. The van der Waals surface area contributed by atoms with E-state index >= 15 is 0 Å². The monoisotopic (exact) mass is 239 g/mol. The second-order valence-electron chi connectivity index (χ2n) is 2.99. The molecule has 1 aromatic heterocycles. The number of rotatable bonds is 5. The number of unbranched alkanes of at least 4 members (excludes halogenated alkanes) is 1. The fraction of sp³-hybridized carbons (Fsp3) is 0.300. The number of pyridine rings is 1. The van der Waals surface area contributed by atoms with E-state index in [1.807, 2.05) is 0 Å². The van der Waals surface area contributed by atoms with Crippen LogP contribution in [-0.4, -0.2) is 16.5 Å². The SMILES string of the molecule is C#CCCCNc1nc(Cl)ccc1[N+](=O)[O-]. The lowest BCUT2D eigenvalue weighted by Gasteiger charge is -2.04. The maximum absolute atomic E-state index is 10.7. The summed E-state index contributed by atoms with van der Waals surface area (Å²) in [4.78, 5) is 14.0. The molecule has 0 aliphatic heterocycles. The maximum atomic E-state index is 10.7. The minimum Gasteiger partial charge on any atom is -0.364 e. The van der Waals surface area contributed by atoms with Crippen molar-refractivity contribution >= 4 is 23.1 Å². The molecule has 16 heavy (non-hydrogen) atoms. The lowest BCUT2D eigenvalue weighted by atomic mass is 10.3. The van der Waals surface area contributed by atoms with E-state index in [9.17, 15) is 10.1 Å². The zero-order chi connectivity index (χ0) is 12.0. The molecule has 0 radical (unpaired) electrons. The number of nitro groups is 1. The number of terminal acetylenes is 1. The molecule has 1 N–H and O–H groups in total. The smallest absolute Gasteiger partial charge is 0.311 e. The zero-order valence-corrected chi connectivity index (χ0v) is 9.20. The van der Waals surface area contributed by atoms with Crippen LogP contribution in [0.3, 0.4) is 0 Å². The molecule has 0 aromatic carbocycles. The van der Waals surface area contributed by atoms with Gasteiger partial charge in [0.15, 0.2) is 0 Å². The van der Waals surface area contributed by atoms with E-state index in [-0.39, 0.29) is 16.7 Å². The molecule has 0 aliphatic rings. The first kappa shape index (κ1) is 12.3. The first-order chi connectivity index (χ1) is 7.65. The van der Waals surface area contributed by atoms with E-state index < -0.39 is 4.92 Å². The van der Waals surface area contributed by atoms with E-state index in [1.54, 1.807) is 0 Å². The van der Waals surface area contributed by atoms with Gasteiger partial charge in [0.25, 0.3) is 0 Å². The highest BCUT2D eigenvalue weighted by molar-refractivity contribution is 6.29. The van der Waals surface area contributed by atoms with Gasteiger partial charge in [0, 0.05) is 19.0 Å². The van der Waals surface area contributed by atoms with Crippen molar-refractivity contribution in [3.8, 4) is 12.3 Å². The van der Waals surface area contributed by atoms with Crippen LogP contribution >= 0.6 is 11.6 Å². The van der Waals surface area contributed by atoms with Crippen LogP contribution in [-0.2, 0) is 0 Å². The minimum absolute atomic E-state index is 0.0925. The van der Waals surface area contributed by atoms with E-state index in [2.05, 4.69) is 16.2 Å². The fourth-order valence-corrected chi connectivity index (χ4v) is 1.25. The van der Waals surface area contributed by atoms with Gasteiger partial charge in [0.2, 0.25) is 5.82 Å². The van der Waals surface area contributed by atoms with Gasteiger partial charge in [-0.15, -0.1) is 12.3 Å². The summed E-state index contributed by atoms with van der Waals surface area (Å²) < 4.78 is 0. The number of nitrogens with one attached hydrogen (secondary N) is 1. The van der Waals surface area contributed by atoms with Crippen LogP contribution in [0.4, 0.5) is 11.5 Å². The lowest BCUT2D eigenvalue weighted by Crippen LogP contribution is -2.06. The molecule has 0 amide bonds. The molecular weight excluding hydrogens is 230 g/mol. The van der Waals surface area contributed by atoms with Crippen molar-refractivity contribution in [3.63, 3.8) is 0 Å². The topological polar surface area (TPSA) is 68.1 Å². The normalized spacial score (nSPS) is 9.50. The molecule has 0 saturated heterocycles. The quantitative estimate of drug-likeness (QED) is 0.282. The van der Waals surface area contributed by atoms with Gasteiger partial charge in [0.05, 0.1) is 4.92 Å². The highest BCUT2D eigenvalue weighted by atomic mass is 35.5. The average molecular weight is 240 g/mol. The summed E-state index contributed by atoms with van der Waals surface area (Å²) in [6.07, 6.45) is 6.42. The van der Waals surface area contributed by atoms with E-state index in [4.69, 9.17) is 18.0 Å². The van der Waals surface area contributed by atoms with E-state index in [0.29, 0.717) is 13.0 Å². The van der Waals surface area contributed by atoms with E-state index in [0.717, 1.165) is 6.42 Å². The predicted octanol–water partition coefficient (Wildman–Crippen LogP) is 2.47. The highest BCUT2D eigenvalue weighted by Crippen LogP contribution is 2.23. The van der Waals surface area contributed by atoms with Crippen LogP contribution < -0.4 is 5.32 Å². The number of halogens is 1. The second kappa shape index (κ2) is 5.93. The number of nitrogens with zero attached hydrogens (tertiary/aromatic N) is 2. The van der Waals surface area contributed by atoms with Gasteiger partial charge in [-0.1, -0.05) is 11.6 Å². The third kappa shape index (κ3) is 3.41. The maximum Gasteiger partial charge on any atom is 0.311 e. The van der Waals surface area contributed by atoms with Gasteiger partial charge in [-0.25, -0.2) is 4.98 Å². The third-order valence-corrected chi connectivity index (χ3v) is 2.04. The van der Waals surface area contributed by atoms with Gasteiger partial charge >= 0.3 is 5.69 Å². The predicted molar refractivity (Wildman–Crippen MR) is 62.5 cm³/mol. The van der Waals surface area contributed by atoms with Crippen molar-refractivity contribution < 1.29 is 4.92 Å². The summed E-state index contributed by atoms with van der Waals surface area (Å²) in [5.41, 5.74) is -0.0925. The molecule has 1 rings (SSSR count). The Hall–Kier alpha value is -1.80. The molecule has 5 nitrogen and oxygen atoms in total. The number of aromatic nitrogens is 1. The van der Waals surface area contributed by atoms with E-state index in [1.165, 1.54) is 12.1 Å². The first-order valence-electron chi connectivity index (χ1n) is 4.63. The Morgan fingerprint density at radius 2 is 2.38 bits per heavy atom. The van der Waals surface area contributed by atoms with Crippen molar-refractivity contribution in [3.05, 3.63) is 27.4 Å². The van der Waals surface area contributed by atoms with Gasteiger partial charge in [0.1, 0.15) is 5.15 Å². The van der Waals surface area contributed by atoms with Gasteiger partial charge in [-0.3, -0.25) is 10.1 Å². The summed E-state index contributed by atoms with van der Waals surface area (Å²) in [5, 5.41) is 13.7. The summed E-state index contributed by atoms with van der Waals surface area (Å²) in [6, 6.07) is 2.70. The Kier molecular flexibility index (Phi) is 4.55. The minimum atomic E-state index is -0.507. The molecule has 0 unspecified atom stereocenters.